The van der Waals surface area contributed by atoms with Gasteiger partial charge in [-0.2, -0.15) is 13.2 Å². The van der Waals surface area contributed by atoms with Gasteiger partial charge in [-0.3, -0.25) is 9.59 Å². The summed E-state index contributed by atoms with van der Waals surface area (Å²) in [5.74, 6) is -1.52. The molecule has 2 saturated heterocycles. The Labute approximate surface area is 218 Å². The summed E-state index contributed by atoms with van der Waals surface area (Å²) in [6.07, 6.45) is -3.05. The van der Waals surface area contributed by atoms with Crippen LogP contribution in [-0.4, -0.2) is 68.2 Å². The Morgan fingerprint density at radius 2 is 1.79 bits per heavy atom. The van der Waals surface area contributed by atoms with Crippen LogP contribution in [-0.2, 0) is 0 Å². The van der Waals surface area contributed by atoms with Gasteiger partial charge in [0.15, 0.2) is 5.01 Å². The lowest BCUT2D eigenvalue weighted by atomic mass is 9.89. The molecule has 4 heterocycles. The van der Waals surface area contributed by atoms with Gasteiger partial charge in [-0.25, -0.2) is 18.7 Å². The summed E-state index contributed by atoms with van der Waals surface area (Å²) >= 11 is 0.738. The zero-order valence-electron chi connectivity index (χ0n) is 20.3. The molecule has 0 unspecified atom stereocenters. The van der Waals surface area contributed by atoms with Gasteiger partial charge < -0.3 is 20.6 Å². The predicted molar refractivity (Wildman–Crippen MR) is 128 cm³/mol. The number of nitrogens with one attached hydrogen (secondary N) is 2. The highest BCUT2D eigenvalue weighted by Crippen LogP contribution is 2.42. The third-order valence-electron chi connectivity index (χ3n) is 7.54. The molecule has 0 aromatic carbocycles. The fourth-order valence-corrected chi connectivity index (χ4v) is 6.21. The minimum absolute atomic E-state index is 0.00109. The maximum atomic E-state index is 14.2. The van der Waals surface area contributed by atoms with E-state index in [-0.39, 0.29) is 33.2 Å². The Kier molecular flexibility index (Phi) is 7.05. The number of amides is 2. The maximum absolute atomic E-state index is 14.2. The predicted octanol–water partition coefficient (Wildman–Crippen LogP) is 4.53. The lowest BCUT2D eigenvalue weighted by Gasteiger charge is -2.32. The topological polar surface area (TPSA) is 107 Å². The SMILES string of the molecule is C[C@H](Nc1cc(C(F)F)c(-c2sc(C(=O)N[C@@H]3CC[C@H]3O)nc2C(=O)N2[C@H]3CC[C@H]2CC3)cn1)C(F)(F)F. The van der Waals surface area contributed by atoms with Crippen molar-refractivity contribution in [2.75, 3.05) is 5.32 Å². The fourth-order valence-electron chi connectivity index (χ4n) is 5.22. The number of carbonyl (C=O) groups excluding carboxylic acids is 2. The number of halogens is 5. The fraction of sp³-hybridized carbons (Fsp3) is 0.583. The van der Waals surface area contributed by atoms with Crippen molar-refractivity contribution < 1.29 is 36.6 Å². The third kappa shape index (κ3) is 4.95. The van der Waals surface area contributed by atoms with Gasteiger partial charge >= 0.3 is 6.18 Å². The highest BCUT2D eigenvalue weighted by atomic mass is 32.1. The molecule has 14 heteroatoms. The average molecular weight is 560 g/mol. The van der Waals surface area contributed by atoms with Gasteiger partial charge in [0.25, 0.3) is 18.2 Å². The number of fused-ring (bicyclic) bond motifs is 2. The number of rotatable bonds is 7. The second-order valence-electron chi connectivity index (χ2n) is 9.96. The first-order valence-corrected chi connectivity index (χ1v) is 13.2. The molecule has 8 nitrogen and oxygen atoms in total. The van der Waals surface area contributed by atoms with E-state index in [1.165, 1.54) is 0 Å². The van der Waals surface area contributed by atoms with Gasteiger partial charge in [0.2, 0.25) is 0 Å². The molecule has 3 aliphatic rings. The number of aliphatic hydroxyl groups is 1. The Hall–Kier alpha value is -2.87. The quantitative estimate of drug-likeness (QED) is 0.431. The van der Waals surface area contributed by atoms with Gasteiger partial charge in [0, 0.05) is 29.4 Å². The number of hydrogen-bond acceptors (Lipinski definition) is 7. The molecule has 2 amide bonds. The van der Waals surface area contributed by atoms with Crippen molar-refractivity contribution in [3.05, 3.63) is 28.5 Å². The molecule has 1 aliphatic carbocycles. The number of aliphatic hydroxyl groups excluding tert-OH is 1. The van der Waals surface area contributed by atoms with Crippen LogP contribution in [0.5, 0.6) is 0 Å². The van der Waals surface area contributed by atoms with Gasteiger partial charge in [0.1, 0.15) is 17.6 Å². The average Bonchev–Trinajstić information content (AvgIpc) is 3.60. The van der Waals surface area contributed by atoms with Crippen molar-refractivity contribution in [2.24, 2.45) is 0 Å². The van der Waals surface area contributed by atoms with E-state index in [0.29, 0.717) is 12.8 Å². The minimum atomic E-state index is -4.62. The molecule has 2 aromatic heterocycles. The Morgan fingerprint density at radius 1 is 1.13 bits per heavy atom. The molecular weight excluding hydrogens is 533 g/mol. The highest BCUT2D eigenvalue weighted by molar-refractivity contribution is 7.17. The van der Waals surface area contributed by atoms with E-state index in [1.54, 1.807) is 4.90 Å². The molecule has 5 rings (SSSR count). The van der Waals surface area contributed by atoms with Crippen LogP contribution in [0.25, 0.3) is 10.4 Å². The van der Waals surface area contributed by atoms with E-state index in [0.717, 1.165) is 56.2 Å². The first kappa shape index (κ1) is 26.7. The van der Waals surface area contributed by atoms with Crippen LogP contribution in [0.4, 0.5) is 27.8 Å². The van der Waals surface area contributed by atoms with E-state index in [1.807, 2.05) is 0 Å². The van der Waals surface area contributed by atoms with Crippen LogP contribution in [0.2, 0.25) is 0 Å². The maximum Gasteiger partial charge on any atom is 0.408 e. The number of hydrogen-bond donors (Lipinski definition) is 3. The van der Waals surface area contributed by atoms with E-state index in [2.05, 4.69) is 20.6 Å². The van der Waals surface area contributed by atoms with Gasteiger partial charge in [-0.05, 0) is 51.5 Å². The van der Waals surface area contributed by atoms with Crippen molar-refractivity contribution >= 4 is 29.0 Å². The summed E-state index contributed by atoms with van der Waals surface area (Å²) < 4.78 is 67.3. The van der Waals surface area contributed by atoms with Gasteiger partial charge in [-0.15, -0.1) is 11.3 Å². The van der Waals surface area contributed by atoms with Crippen LogP contribution < -0.4 is 10.6 Å². The molecular formula is C24H26F5N5O3S. The number of nitrogens with zero attached hydrogens (tertiary/aromatic N) is 3. The Balaban J connectivity index is 1.53. The summed E-state index contributed by atoms with van der Waals surface area (Å²) in [5.41, 5.74) is -0.984. The number of thiazole rings is 1. The zero-order valence-corrected chi connectivity index (χ0v) is 21.1. The summed E-state index contributed by atoms with van der Waals surface area (Å²) in [7, 11) is 0. The molecule has 0 spiro atoms. The number of carbonyl (C=O) groups is 2. The number of alkyl halides is 5. The van der Waals surface area contributed by atoms with Crippen molar-refractivity contribution in [1.29, 1.82) is 0 Å². The van der Waals surface area contributed by atoms with E-state index < -0.39 is 54.0 Å². The molecule has 2 aromatic rings. The molecule has 2 aliphatic heterocycles. The Morgan fingerprint density at radius 3 is 2.32 bits per heavy atom. The van der Waals surface area contributed by atoms with Crippen LogP contribution in [0.1, 0.15) is 77.7 Å². The second kappa shape index (κ2) is 10.0. The molecule has 1 saturated carbocycles. The van der Waals surface area contributed by atoms with E-state index in [9.17, 15) is 36.6 Å². The smallest absolute Gasteiger partial charge is 0.391 e. The second-order valence-corrected chi connectivity index (χ2v) is 11.0. The monoisotopic (exact) mass is 559 g/mol. The van der Waals surface area contributed by atoms with Crippen molar-refractivity contribution in [2.45, 2.75) is 88.3 Å². The van der Waals surface area contributed by atoms with Crippen LogP contribution in [0, 0.1) is 0 Å². The van der Waals surface area contributed by atoms with E-state index >= 15 is 0 Å². The zero-order chi connectivity index (χ0) is 27.4. The molecule has 2 bridgehead atoms. The lowest BCUT2D eigenvalue weighted by molar-refractivity contribution is -0.138. The number of aromatic nitrogens is 2. The van der Waals surface area contributed by atoms with Gasteiger partial charge in [-0.1, -0.05) is 0 Å². The van der Waals surface area contributed by atoms with E-state index in [4.69, 9.17) is 0 Å². The Bertz CT molecular complexity index is 1220. The third-order valence-corrected chi connectivity index (χ3v) is 8.62. The summed E-state index contributed by atoms with van der Waals surface area (Å²) in [4.78, 5) is 36.4. The summed E-state index contributed by atoms with van der Waals surface area (Å²) in [5, 5.41) is 14.4. The van der Waals surface area contributed by atoms with Crippen LogP contribution >= 0.6 is 11.3 Å². The summed E-state index contributed by atoms with van der Waals surface area (Å²) in [6, 6.07) is -1.67. The summed E-state index contributed by atoms with van der Waals surface area (Å²) in [6.45, 7) is 0.839. The first-order chi connectivity index (χ1) is 17.9. The van der Waals surface area contributed by atoms with Crippen molar-refractivity contribution in [1.82, 2.24) is 20.2 Å². The molecule has 3 atom stereocenters. The van der Waals surface area contributed by atoms with Crippen LogP contribution in [0.3, 0.4) is 0 Å². The molecule has 3 fully saturated rings. The molecule has 3 N–H and O–H groups in total. The highest BCUT2D eigenvalue weighted by Gasteiger charge is 2.44. The molecule has 206 valence electrons. The first-order valence-electron chi connectivity index (χ1n) is 12.4. The molecule has 0 radical (unpaired) electrons. The number of pyridine rings is 1. The largest absolute Gasteiger partial charge is 0.408 e. The lowest BCUT2D eigenvalue weighted by Crippen LogP contribution is -2.50. The number of anilines is 1. The van der Waals surface area contributed by atoms with Crippen molar-refractivity contribution in [3.8, 4) is 10.4 Å². The minimum Gasteiger partial charge on any atom is -0.391 e. The van der Waals surface area contributed by atoms with Crippen LogP contribution in [0.15, 0.2) is 12.3 Å². The normalized spacial score (nSPS) is 25.4. The van der Waals surface area contributed by atoms with Gasteiger partial charge in [0.05, 0.1) is 17.0 Å². The molecule has 38 heavy (non-hydrogen) atoms. The standard InChI is InChI=1S/C24H26F5N5O3S/c1-10(24(27,28)29)31-17-8-13(20(25)26)14(9-30-17)19-18(23(37)34-11-2-3-12(34)5-4-11)33-22(38-19)21(36)32-15-6-7-16(15)35/h8-12,15-16,20,35H,2-7H2,1H3,(H,30,31)(H,32,36)/t10-,11-,12-,15+,16+/m0/s1. The van der Waals surface area contributed by atoms with Crippen molar-refractivity contribution in [3.63, 3.8) is 0 Å².